The molecule has 0 aliphatic carbocycles. The van der Waals surface area contributed by atoms with Gasteiger partial charge in [0.15, 0.2) is 0 Å². The molecule has 0 aromatic heterocycles. The Morgan fingerprint density at radius 3 is 1.72 bits per heavy atom. The first-order valence-corrected chi connectivity index (χ1v) is 6.22. The number of ether oxygens (including phenoxy) is 1. The van der Waals surface area contributed by atoms with Gasteiger partial charge in [-0.25, -0.2) is 0 Å². The zero-order chi connectivity index (χ0) is 12.8. The van der Waals surface area contributed by atoms with Gasteiger partial charge in [-0.2, -0.15) is 0 Å². The Morgan fingerprint density at radius 2 is 1.33 bits per heavy atom. The van der Waals surface area contributed by atoms with Crippen molar-refractivity contribution in [1.29, 1.82) is 0 Å². The van der Waals surface area contributed by atoms with Gasteiger partial charge < -0.3 is 10.5 Å². The fourth-order valence-corrected chi connectivity index (χ4v) is 2.11. The highest BCUT2D eigenvalue weighted by Crippen LogP contribution is 2.32. The molecule has 18 heavy (non-hydrogen) atoms. The van der Waals surface area contributed by atoms with Gasteiger partial charge in [-0.3, -0.25) is 0 Å². The Bertz CT molecular complexity index is 427. The van der Waals surface area contributed by atoms with Crippen molar-refractivity contribution in [3.63, 3.8) is 0 Å². The minimum Gasteiger partial charge on any atom is -0.365 e. The third kappa shape index (κ3) is 2.61. The third-order valence-corrected chi connectivity index (χ3v) is 3.16. The smallest absolute Gasteiger partial charge is 0.115 e. The molecule has 2 rings (SSSR count). The standard InChI is InChI=1S/C16H19NO/c1-16(18-13-12-17,14-8-4-2-5-9-14)15-10-6-3-7-11-15/h2-11H,12-13,17H2,1H3. The quantitative estimate of drug-likeness (QED) is 0.873. The molecule has 0 radical (unpaired) electrons. The Balaban J connectivity index is 2.41. The summed E-state index contributed by atoms with van der Waals surface area (Å²) in [5.74, 6) is 0. The van der Waals surface area contributed by atoms with Crippen LogP contribution in [0.5, 0.6) is 0 Å². The summed E-state index contributed by atoms with van der Waals surface area (Å²) in [6, 6.07) is 20.5. The Hall–Kier alpha value is -1.64. The van der Waals surface area contributed by atoms with Crippen LogP contribution in [0, 0.1) is 0 Å². The van der Waals surface area contributed by atoms with Gasteiger partial charge >= 0.3 is 0 Å². The Labute approximate surface area is 108 Å². The van der Waals surface area contributed by atoms with Crippen LogP contribution in [0.4, 0.5) is 0 Å². The van der Waals surface area contributed by atoms with Crippen LogP contribution in [0.2, 0.25) is 0 Å². The van der Waals surface area contributed by atoms with Crippen LogP contribution in [-0.2, 0) is 10.3 Å². The van der Waals surface area contributed by atoms with Crippen molar-refractivity contribution < 1.29 is 4.74 Å². The summed E-state index contributed by atoms with van der Waals surface area (Å²) in [4.78, 5) is 0. The van der Waals surface area contributed by atoms with E-state index in [0.717, 1.165) is 11.1 Å². The average Bonchev–Trinajstić information content (AvgIpc) is 2.46. The molecule has 0 bridgehead atoms. The van der Waals surface area contributed by atoms with E-state index in [0.29, 0.717) is 13.2 Å². The summed E-state index contributed by atoms with van der Waals surface area (Å²) in [6.07, 6.45) is 0. The van der Waals surface area contributed by atoms with Crippen molar-refractivity contribution in [3.05, 3.63) is 71.8 Å². The fraction of sp³-hybridized carbons (Fsp3) is 0.250. The lowest BCUT2D eigenvalue weighted by Crippen LogP contribution is -2.29. The van der Waals surface area contributed by atoms with Crippen LogP contribution in [0.3, 0.4) is 0 Å². The van der Waals surface area contributed by atoms with Gasteiger partial charge in [0, 0.05) is 6.54 Å². The van der Waals surface area contributed by atoms with E-state index in [1.54, 1.807) is 0 Å². The van der Waals surface area contributed by atoms with Gasteiger partial charge in [-0.05, 0) is 18.1 Å². The van der Waals surface area contributed by atoms with Crippen LogP contribution < -0.4 is 5.73 Å². The molecule has 0 atom stereocenters. The molecule has 2 heteroatoms. The van der Waals surface area contributed by atoms with E-state index in [2.05, 4.69) is 31.2 Å². The zero-order valence-corrected chi connectivity index (χ0v) is 10.7. The van der Waals surface area contributed by atoms with Crippen molar-refractivity contribution in [2.75, 3.05) is 13.2 Å². The van der Waals surface area contributed by atoms with Crippen LogP contribution in [0.15, 0.2) is 60.7 Å². The topological polar surface area (TPSA) is 35.2 Å². The lowest BCUT2D eigenvalue weighted by atomic mass is 9.88. The van der Waals surface area contributed by atoms with Crippen LogP contribution in [0.25, 0.3) is 0 Å². The molecule has 0 amide bonds. The summed E-state index contributed by atoms with van der Waals surface area (Å²) >= 11 is 0. The molecule has 94 valence electrons. The van der Waals surface area contributed by atoms with E-state index in [-0.39, 0.29) is 0 Å². The maximum atomic E-state index is 6.03. The number of benzene rings is 2. The maximum Gasteiger partial charge on any atom is 0.115 e. The second-order valence-corrected chi connectivity index (χ2v) is 4.40. The van der Waals surface area contributed by atoms with Gasteiger partial charge in [-0.15, -0.1) is 0 Å². The number of hydrogen-bond donors (Lipinski definition) is 1. The van der Waals surface area contributed by atoms with Crippen molar-refractivity contribution in [2.24, 2.45) is 5.73 Å². The number of hydrogen-bond acceptors (Lipinski definition) is 2. The van der Waals surface area contributed by atoms with Gasteiger partial charge in [0.05, 0.1) is 6.61 Å². The second kappa shape index (κ2) is 5.80. The Morgan fingerprint density at radius 1 is 0.889 bits per heavy atom. The number of rotatable bonds is 5. The minimum atomic E-state index is -0.443. The predicted molar refractivity (Wildman–Crippen MR) is 74.3 cm³/mol. The molecule has 0 fully saturated rings. The van der Waals surface area contributed by atoms with Gasteiger partial charge in [0.2, 0.25) is 0 Å². The monoisotopic (exact) mass is 241 g/mol. The zero-order valence-electron chi connectivity index (χ0n) is 10.7. The van der Waals surface area contributed by atoms with E-state index in [1.165, 1.54) is 0 Å². The SMILES string of the molecule is CC(OCCN)(c1ccccc1)c1ccccc1. The van der Waals surface area contributed by atoms with Crippen molar-refractivity contribution in [2.45, 2.75) is 12.5 Å². The molecule has 0 unspecified atom stereocenters. The molecule has 2 aromatic rings. The fourth-order valence-electron chi connectivity index (χ4n) is 2.11. The highest BCUT2D eigenvalue weighted by Gasteiger charge is 2.29. The first kappa shape index (κ1) is 12.8. The first-order valence-electron chi connectivity index (χ1n) is 6.22. The molecular weight excluding hydrogens is 222 g/mol. The molecule has 0 heterocycles. The van der Waals surface area contributed by atoms with Gasteiger partial charge in [0.1, 0.15) is 5.60 Å². The maximum absolute atomic E-state index is 6.03. The lowest BCUT2D eigenvalue weighted by molar-refractivity contribution is 0.000660. The molecule has 0 aliphatic heterocycles. The second-order valence-electron chi connectivity index (χ2n) is 4.40. The summed E-state index contributed by atoms with van der Waals surface area (Å²) in [7, 11) is 0. The molecule has 2 aromatic carbocycles. The van der Waals surface area contributed by atoms with Crippen LogP contribution in [-0.4, -0.2) is 13.2 Å². The van der Waals surface area contributed by atoms with E-state index in [1.807, 2.05) is 36.4 Å². The lowest BCUT2D eigenvalue weighted by Gasteiger charge is -2.31. The Kier molecular flexibility index (Phi) is 4.13. The summed E-state index contributed by atoms with van der Waals surface area (Å²) in [5, 5.41) is 0. The summed E-state index contributed by atoms with van der Waals surface area (Å²) < 4.78 is 6.03. The predicted octanol–water partition coefficient (Wildman–Crippen LogP) is 2.93. The van der Waals surface area contributed by atoms with E-state index in [4.69, 9.17) is 10.5 Å². The highest BCUT2D eigenvalue weighted by atomic mass is 16.5. The first-order chi connectivity index (χ1) is 8.77. The van der Waals surface area contributed by atoms with E-state index < -0.39 is 5.60 Å². The molecule has 2 nitrogen and oxygen atoms in total. The molecule has 2 N–H and O–H groups in total. The van der Waals surface area contributed by atoms with Crippen LogP contribution >= 0.6 is 0 Å². The van der Waals surface area contributed by atoms with Crippen molar-refractivity contribution >= 4 is 0 Å². The summed E-state index contributed by atoms with van der Waals surface area (Å²) in [6.45, 7) is 3.16. The minimum absolute atomic E-state index is 0.443. The van der Waals surface area contributed by atoms with Crippen LogP contribution in [0.1, 0.15) is 18.1 Å². The van der Waals surface area contributed by atoms with Gasteiger partial charge in [-0.1, -0.05) is 60.7 Å². The third-order valence-electron chi connectivity index (χ3n) is 3.16. The average molecular weight is 241 g/mol. The summed E-state index contributed by atoms with van der Waals surface area (Å²) in [5.41, 5.74) is 7.41. The van der Waals surface area contributed by atoms with Crippen molar-refractivity contribution in [1.82, 2.24) is 0 Å². The highest BCUT2D eigenvalue weighted by molar-refractivity contribution is 5.35. The van der Waals surface area contributed by atoms with Gasteiger partial charge in [0.25, 0.3) is 0 Å². The van der Waals surface area contributed by atoms with E-state index >= 15 is 0 Å². The molecular formula is C16H19NO. The largest absolute Gasteiger partial charge is 0.365 e. The molecule has 0 saturated heterocycles. The number of nitrogens with two attached hydrogens (primary N) is 1. The molecule has 0 aliphatic rings. The normalized spacial score (nSPS) is 11.4. The van der Waals surface area contributed by atoms with Crippen molar-refractivity contribution in [3.8, 4) is 0 Å². The molecule has 0 saturated carbocycles. The van der Waals surface area contributed by atoms with E-state index in [9.17, 15) is 0 Å². The molecule has 0 spiro atoms.